The fourth-order valence-electron chi connectivity index (χ4n) is 2.25. The van der Waals surface area contributed by atoms with Gasteiger partial charge in [-0.3, -0.25) is 9.48 Å². The number of amides is 1. The number of nitrogens with zero attached hydrogens (tertiary/aromatic N) is 3. The van der Waals surface area contributed by atoms with Gasteiger partial charge in [0.05, 0.1) is 19.3 Å². The number of benzene rings is 1. The maximum atomic E-state index is 12.6. The lowest BCUT2D eigenvalue weighted by atomic mass is 10.1. The predicted molar refractivity (Wildman–Crippen MR) is 81.4 cm³/mol. The third-order valence-corrected chi connectivity index (χ3v) is 3.50. The second-order valence-electron chi connectivity index (χ2n) is 4.96. The van der Waals surface area contributed by atoms with Crippen LogP contribution in [0.4, 0.5) is 0 Å². The summed E-state index contributed by atoms with van der Waals surface area (Å²) in [5.74, 6) is 0.696. The highest BCUT2D eigenvalue weighted by molar-refractivity contribution is 5.96. The van der Waals surface area contributed by atoms with E-state index >= 15 is 0 Å². The van der Waals surface area contributed by atoms with Crippen molar-refractivity contribution in [2.24, 2.45) is 0 Å². The van der Waals surface area contributed by atoms with Crippen LogP contribution in [0, 0.1) is 6.92 Å². The smallest absolute Gasteiger partial charge is 0.254 e. The zero-order valence-corrected chi connectivity index (χ0v) is 13.0. The van der Waals surface area contributed by atoms with Crippen molar-refractivity contribution in [2.75, 3.05) is 14.2 Å². The predicted octanol–water partition coefficient (Wildman–Crippen LogP) is 2.49. The summed E-state index contributed by atoms with van der Waals surface area (Å²) in [7, 11) is 3.39. The molecule has 21 heavy (non-hydrogen) atoms. The van der Waals surface area contributed by atoms with Gasteiger partial charge in [-0.05, 0) is 32.0 Å². The maximum absolute atomic E-state index is 12.6. The summed E-state index contributed by atoms with van der Waals surface area (Å²) in [6.45, 7) is 5.24. The Labute approximate surface area is 125 Å². The van der Waals surface area contributed by atoms with Crippen molar-refractivity contribution < 1.29 is 9.53 Å². The van der Waals surface area contributed by atoms with Crippen molar-refractivity contribution in [2.45, 2.75) is 26.9 Å². The van der Waals surface area contributed by atoms with Crippen LogP contribution >= 0.6 is 0 Å². The fraction of sp³-hybridized carbons (Fsp3) is 0.375. The Balaban J connectivity index is 2.15. The molecule has 0 atom stereocenters. The van der Waals surface area contributed by atoms with E-state index in [1.54, 1.807) is 19.1 Å². The van der Waals surface area contributed by atoms with E-state index in [0.717, 1.165) is 23.6 Å². The summed E-state index contributed by atoms with van der Waals surface area (Å²) in [6.07, 6.45) is 1.92. The van der Waals surface area contributed by atoms with Gasteiger partial charge in [0.25, 0.3) is 5.91 Å². The average Bonchev–Trinajstić information content (AvgIpc) is 2.94. The Morgan fingerprint density at radius 3 is 2.76 bits per heavy atom. The highest BCUT2D eigenvalue weighted by atomic mass is 16.5. The van der Waals surface area contributed by atoms with Crippen molar-refractivity contribution >= 4 is 5.91 Å². The standard InChI is InChI=1S/C16H21N3O2/c1-5-19-10-9-13(17-19)11-18(3)16(20)14-7-6-8-15(21-4)12(14)2/h6-10H,5,11H2,1-4H3. The van der Waals surface area contributed by atoms with Gasteiger partial charge in [0.2, 0.25) is 0 Å². The number of methoxy groups -OCH3 is 1. The Hall–Kier alpha value is -2.30. The molecule has 1 heterocycles. The molecular weight excluding hydrogens is 266 g/mol. The first-order chi connectivity index (χ1) is 10.1. The molecule has 0 aliphatic heterocycles. The molecule has 0 N–H and O–H groups in total. The van der Waals surface area contributed by atoms with Gasteiger partial charge in [-0.2, -0.15) is 5.10 Å². The number of aromatic nitrogens is 2. The lowest BCUT2D eigenvalue weighted by Gasteiger charge is -2.18. The van der Waals surface area contributed by atoms with Gasteiger partial charge in [0, 0.05) is 30.9 Å². The van der Waals surface area contributed by atoms with Crippen LogP contribution in [-0.4, -0.2) is 34.7 Å². The first-order valence-corrected chi connectivity index (χ1v) is 6.98. The maximum Gasteiger partial charge on any atom is 0.254 e. The molecule has 2 aromatic rings. The molecule has 0 fully saturated rings. The van der Waals surface area contributed by atoms with Crippen molar-refractivity contribution in [3.8, 4) is 5.75 Å². The Morgan fingerprint density at radius 2 is 2.14 bits per heavy atom. The quantitative estimate of drug-likeness (QED) is 0.849. The summed E-state index contributed by atoms with van der Waals surface area (Å²) in [5.41, 5.74) is 2.40. The molecule has 0 spiro atoms. The molecule has 1 aromatic heterocycles. The van der Waals surface area contributed by atoms with Gasteiger partial charge in [0.15, 0.2) is 0 Å². The van der Waals surface area contributed by atoms with Crippen molar-refractivity contribution in [1.29, 1.82) is 0 Å². The molecule has 5 heteroatoms. The van der Waals surface area contributed by atoms with Crippen LogP contribution in [0.15, 0.2) is 30.5 Å². The van der Waals surface area contributed by atoms with E-state index in [2.05, 4.69) is 5.10 Å². The van der Waals surface area contributed by atoms with Crippen LogP contribution in [0.25, 0.3) is 0 Å². The molecule has 1 aromatic carbocycles. The zero-order valence-electron chi connectivity index (χ0n) is 13.0. The number of carbonyl (C=O) groups excluding carboxylic acids is 1. The van der Waals surface area contributed by atoms with Crippen LogP contribution < -0.4 is 4.74 Å². The number of hydrogen-bond donors (Lipinski definition) is 0. The van der Waals surface area contributed by atoms with E-state index in [1.165, 1.54) is 0 Å². The van der Waals surface area contributed by atoms with E-state index in [0.29, 0.717) is 12.1 Å². The summed E-state index contributed by atoms with van der Waals surface area (Å²) in [4.78, 5) is 14.2. The van der Waals surface area contributed by atoms with Crippen molar-refractivity contribution in [1.82, 2.24) is 14.7 Å². The number of hydrogen-bond acceptors (Lipinski definition) is 3. The van der Waals surface area contributed by atoms with Crippen molar-refractivity contribution in [3.63, 3.8) is 0 Å². The Morgan fingerprint density at radius 1 is 1.38 bits per heavy atom. The second-order valence-corrected chi connectivity index (χ2v) is 4.96. The molecule has 5 nitrogen and oxygen atoms in total. The van der Waals surface area contributed by atoms with Gasteiger partial charge in [-0.25, -0.2) is 0 Å². The van der Waals surface area contributed by atoms with Gasteiger partial charge in [0.1, 0.15) is 5.75 Å². The average molecular weight is 287 g/mol. The first kappa shape index (κ1) is 15.1. The highest BCUT2D eigenvalue weighted by Crippen LogP contribution is 2.22. The molecule has 0 bridgehead atoms. The third kappa shape index (κ3) is 3.24. The topological polar surface area (TPSA) is 47.4 Å². The van der Waals surface area contributed by atoms with E-state index in [1.807, 2.05) is 49.0 Å². The summed E-state index contributed by atoms with van der Waals surface area (Å²) < 4.78 is 7.12. The van der Waals surface area contributed by atoms with Crippen LogP contribution in [0.3, 0.4) is 0 Å². The minimum atomic E-state index is -0.0301. The monoisotopic (exact) mass is 287 g/mol. The normalized spacial score (nSPS) is 10.5. The van der Waals surface area contributed by atoms with Crippen LogP contribution in [0.2, 0.25) is 0 Å². The minimum absolute atomic E-state index is 0.0301. The van der Waals surface area contributed by atoms with Crippen LogP contribution in [0.5, 0.6) is 5.75 Å². The molecule has 0 aliphatic rings. The van der Waals surface area contributed by atoms with Crippen molar-refractivity contribution in [3.05, 3.63) is 47.3 Å². The van der Waals surface area contributed by atoms with Gasteiger partial charge < -0.3 is 9.64 Å². The summed E-state index contributed by atoms with van der Waals surface area (Å²) in [5, 5.41) is 4.40. The largest absolute Gasteiger partial charge is 0.496 e. The summed E-state index contributed by atoms with van der Waals surface area (Å²) in [6, 6.07) is 7.45. The minimum Gasteiger partial charge on any atom is -0.496 e. The molecule has 0 saturated carbocycles. The summed E-state index contributed by atoms with van der Waals surface area (Å²) >= 11 is 0. The SMILES string of the molecule is CCn1ccc(CN(C)C(=O)c2cccc(OC)c2C)n1. The van der Waals surface area contributed by atoms with Gasteiger partial charge in [-0.1, -0.05) is 6.07 Å². The second kappa shape index (κ2) is 6.43. The van der Waals surface area contributed by atoms with E-state index in [-0.39, 0.29) is 5.91 Å². The third-order valence-electron chi connectivity index (χ3n) is 3.50. The lowest BCUT2D eigenvalue weighted by Crippen LogP contribution is -2.27. The van der Waals surface area contributed by atoms with E-state index < -0.39 is 0 Å². The molecule has 0 radical (unpaired) electrons. The van der Waals surface area contributed by atoms with E-state index in [4.69, 9.17) is 4.74 Å². The zero-order chi connectivity index (χ0) is 15.4. The molecule has 1 amide bonds. The fourth-order valence-corrected chi connectivity index (χ4v) is 2.25. The number of aryl methyl sites for hydroxylation is 1. The Bertz CT molecular complexity index is 634. The molecule has 0 saturated heterocycles. The van der Waals surface area contributed by atoms with E-state index in [9.17, 15) is 4.79 Å². The van der Waals surface area contributed by atoms with Gasteiger partial charge >= 0.3 is 0 Å². The molecule has 0 aliphatic carbocycles. The molecule has 0 unspecified atom stereocenters. The number of rotatable bonds is 5. The molecule has 112 valence electrons. The Kier molecular flexibility index (Phi) is 4.62. The lowest BCUT2D eigenvalue weighted by molar-refractivity contribution is 0.0782. The van der Waals surface area contributed by atoms with Gasteiger partial charge in [-0.15, -0.1) is 0 Å². The molecular formula is C16H21N3O2. The first-order valence-electron chi connectivity index (χ1n) is 6.98. The molecule has 2 rings (SSSR count). The van der Waals surface area contributed by atoms with Crippen LogP contribution in [-0.2, 0) is 13.1 Å². The highest BCUT2D eigenvalue weighted by Gasteiger charge is 2.17. The number of carbonyl (C=O) groups is 1. The van der Waals surface area contributed by atoms with Crippen LogP contribution in [0.1, 0.15) is 28.5 Å². The number of ether oxygens (including phenoxy) is 1.